The molecule has 39 heavy (non-hydrogen) atoms. The molecule has 0 spiro atoms. The third-order valence-electron chi connectivity index (χ3n) is 9.95. The lowest BCUT2D eigenvalue weighted by Gasteiger charge is -2.70. The molecule has 2 saturated carbocycles. The minimum absolute atomic E-state index is 0.400. The smallest absolute Gasteiger partial charge is 0.303 e. The second kappa shape index (κ2) is 10.2. The first-order valence-corrected chi connectivity index (χ1v) is 14.1. The van der Waals surface area contributed by atoms with Crippen molar-refractivity contribution in [2.45, 2.75) is 117 Å². The van der Waals surface area contributed by atoms with Crippen molar-refractivity contribution < 1.29 is 42.9 Å². The lowest BCUT2D eigenvalue weighted by atomic mass is 9.38. The van der Waals surface area contributed by atoms with E-state index in [0.717, 1.165) is 24.2 Å². The second-order valence-corrected chi connectivity index (χ2v) is 12.6. The summed E-state index contributed by atoms with van der Waals surface area (Å²) in [6, 6.07) is 1.88. The van der Waals surface area contributed by atoms with Gasteiger partial charge in [0.25, 0.3) is 0 Å². The first kappa shape index (κ1) is 29.6. The van der Waals surface area contributed by atoms with E-state index in [1.807, 2.05) is 33.8 Å². The average molecular weight is 549 g/mol. The number of aliphatic hydroxyl groups is 1. The normalized spacial score (nSPS) is 38.5. The van der Waals surface area contributed by atoms with Gasteiger partial charge in [-0.05, 0) is 43.6 Å². The van der Waals surface area contributed by atoms with Gasteiger partial charge in [0.05, 0.1) is 6.26 Å². The molecule has 0 aromatic carbocycles. The van der Waals surface area contributed by atoms with Gasteiger partial charge in [0.1, 0.15) is 29.2 Å². The summed E-state index contributed by atoms with van der Waals surface area (Å²) >= 11 is 0. The highest BCUT2D eigenvalue weighted by molar-refractivity contribution is 5.68. The Kier molecular flexibility index (Phi) is 7.75. The first-order chi connectivity index (χ1) is 18.1. The summed E-state index contributed by atoms with van der Waals surface area (Å²) in [6.07, 6.45) is 1.82. The number of hydrogen-bond donors (Lipinski definition) is 1. The fourth-order valence-corrected chi connectivity index (χ4v) is 8.20. The molecule has 4 rings (SSSR count). The van der Waals surface area contributed by atoms with E-state index >= 15 is 0 Å². The van der Waals surface area contributed by atoms with Crippen LogP contribution in [-0.2, 0) is 45.4 Å². The highest BCUT2D eigenvalue weighted by Crippen LogP contribution is 2.69. The predicted molar refractivity (Wildman–Crippen MR) is 140 cm³/mol. The van der Waals surface area contributed by atoms with Crippen LogP contribution in [0.2, 0.25) is 0 Å². The number of hydrogen-bond acceptors (Lipinski definition) is 9. The van der Waals surface area contributed by atoms with Crippen molar-refractivity contribution in [3.8, 4) is 0 Å². The molecule has 3 aliphatic rings. The molecule has 1 aromatic heterocycles. The standard InChI is InChI=1S/C30H44O9/c1-9-10-14-36-29(8)20-12-15-35-22(20)16-21-24(29)25(38-18(3)32)26(39-19(4)33)30(34)27(5,6)13-11-23(28(21,30)7)37-17(2)31/h12,15,21,23-26,34H,9-11,13-14,16H2,1-8H3. The van der Waals surface area contributed by atoms with Gasteiger partial charge >= 0.3 is 17.9 Å². The van der Waals surface area contributed by atoms with Crippen LogP contribution in [-0.4, -0.2) is 53.5 Å². The molecule has 0 amide bonds. The van der Waals surface area contributed by atoms with Crippen molar-refractivity contribution in [2.75, 3.05) is 6.61 Å². The third-order valence-corrected chi connectivity index (χ3v) is 9.95. The molecule has 0 radical (unpaired) electrons. The summed E-state index contributed by atoms with van der Waals surface area (Å²) in [6.45, 7) is 14.2. The van der Waals surface area contributed by atoms with E-state index in [0.29, 0.717) is 25.9 Å². The van der Waals surface area contributed by atoms with Crippen LogP contribution in [0.15, 0.2) is 16.7 Å². The quantitative estimate of drug-likeness (QED) is 0.299. The van der Waals surface area contributed by atoms with Gasteiger partial charge in [0.15, 0.2) is 6.10 Å². The molecule has 0 saturated heterocycles. The highest BCUT2D eigenvalue weighted by Gasteiger charge is 2.78. The topological polar surface area (TPSA) is 122 Å². The molecule has 1 aromatic rings. The van der Waals surface area contributed by atoms with Crippen molar-refractivity contribution >= 4 is 17.9 Å². The molecule has 2 fully saturated rings. The molecule has 0 aliphatic heterocycles. The van der Waals surface area contributed by atoms with Gasteiger partial charge in [-0.2, -0.15) is 0 Å². The summed E-state index contributed by atoms with van der Waals surface area (Å²) < 4.78 is 30.6. The van der Waals surface area contributed by atoms with Crippen molar-refractivity contribution in [1.82, 2.24) is 0 Å². The lowest BCUT2D eigenvalue weighted by molar-refractivity contribution is -0.353. The molecule has 3 aliphatic carbocycles. The summed E-state index contributed by atoms with van der Waals surface area (Å²) in [5, 5.41) is 13.0. The Balaban J connectivity index is 2.04. The number of ether oxygens (including phenoxy) is 4. The van der Waals surface area contributed by atoms with Crippen LogP contribution in [0.3, 0.4) is 0 Å². The first-order valence-electron chi connectivity index (χ1n) is 14.1. The predicted octanol–water partition coefficient (Wildman–Crippen LogP) is 4.47. The van der Waals surface area contributed by atoms with Gasteiger partial charge in [0.2, 0.25) is 0 Å². The van der Waals surface area contributed by atoms with Gasteiger partial charge in [-0.15, -0.1) is 0 Å². The Morgan fingerprint density at radius 3 is 2.26 bits per heavy atom. The van der Waals surface area contributed by atoms with E-state index in [4.69, 9.17) is 23.4 Å². The number of esters is 3. The van der Waals surface area contributed by atoms with Crippen LogP contribution in [0.25, 0.3) is 0 Å². The SMILES string of the molecule is CCCCOC1(C)c2ccoc2CC2C1C(OC(C)=O)C(OC(C)=O)C1(O)C(C)(C)CCC(OC(C)=O)C21C. The van der Waals surface area contributed by atoms with Gasteiger partial charge in [-0.25, -0.2) is 0 Å². The van der Waals surface area contributed by atoms with E-state index in [1.54, 1.807) is 6.26 Å². The van der Waals surface area contributed by atoms with E-state index in [9.17, 15) is 19.5 Å². The number of rotatable bonds is 7. The van der Waals surface area contributed by atoms with Gasteiger partial charge in [-0.3, -0.25) is 14.4 Å². The number of fused-ring (bicyclic) bond motifs is 4. The third kappa shape index (κ3) is 4.40. The Hall–Kier alpha value is -2.39. The molecule has 9 nitrogen and oxygen atoms in total. The summed E-state index contributed by atoms with van der Waals surface area (Å²) in [5.74, 6) is -1.87. The molecule has 0 bridgehead atoms. The Labute approximate surface area is 230 Å². The van der Waals surface area contributed by atoms with E-state index in [2.05, 4.69) is 6.92 Å². The lowest BCUT2D eigenvalue weighted by Crippen LogP contribution is -2.81. The zero-order valence-electron chi connectivity index (χ0n) is 24.5. The van der Waals surface area contributed by atoms with Crippen LogP contribution in [0.1, 0.15) is 92.4 Å². The Bertz CT molecular complexity index is 1110. The van der Waals surface area contributed by atoms with Crippen LogP contribution in [0, 0.1) is 22.7 Å². The highest BCUT2D eigenvalue weighted by atomic mass is 16.6. The molecule has 218 valence electrons. The van der Waals surface area contributed by atoms with Crippen molar-refractivity contribution in [3.63, 3.8) is 0 Å². The molecular weight excluding hydrogens is 504 g/mol. The molecule has 1 heterocycles. The largest absolute Gasteiger partial charge is 0.469 e. The second-order valence-electron chi connectivity index (χ2n) is 12.6. The fraction of sp³-hybridized carbons (Fsp3) is 0.767. The number of unbranched alkanes of at least 4 members (excludes halogenated alkanes) is 1. The number of furan rings is 1. The minimum Gasteiger partial charge on any atom is -0.469 e. The van der Waals surface area contributed by atoms with E-state index in [-0.39, 0.29) is 0 Å². The van der Waals surface area contributed by atoms with Gasteiger partial charge < -0.3 is 28.5 Å². The zero-order chi connectivity index (χ0) is 29.0. The average Bonchev–Trinajstić information content (AvgIpc) is 3.31. The molecule has 9 heteroatoms. The fourth-order valence-electron chi connectivity index (χ4n) is 8.20. The zero-order valence-corrected chi connectivity index (χ0v) is 24.5. The van der Waals surface area contributed by atoms with Crippen LogP contribution < -0.4 is 0 Å². The Morgan fingerprint density at radius 1 is 1.03 bits per heavy atom. The van der Waals surface area contributed by atoms with E-state index < -0.39 is 70.1 Å². The summed E-state index contributed by atoms with van der Waals surface area (Å²) in [7, 11) is 0. The van der Waals surface area contributed by atoms with Crippen LogP contribution in [0.5, 0.6) is 0 Å². The van der Waals surface area contributed by atoms with Crippen molar-refractivity contribution in [3.05, 3.63) is 23.7 Å². The van der Waals surface area contributed by atoms with Crippen LogP contribution >= 0.6 is 0 Å². The Morgan fingerprint density at radius 2 is 1.67 bits per heavy atom. The maximum absolute atomic E-state index is 13.0. The number of carbonyl (C=O) groups excluding carboxylic acids is 3. The molecule has 8 atom stereocenters. The maximum atomic E-state index is 13.0. The maximum Gasteiger partial charge on any atom is 0.303 e. The van der Waals surface area contributed by atoms with Crippen LogP contribution in [0.4, 0.5) is 0 Å². The monoisotopic (exact) mass is 548 g/mol. The molecular formula is C30H44O9. The number of carbonyl (C=O) groups is 3. The van der Waals surface area contributed by atoms with Gasteiger partial charge in [-0.1, -0.05) is 34.1 Å². The summed E-state index contributed by atoms with van der Waals surface area (Å²) in [4.78, 5) is 37.6. The minimum atomic E-state index is -1.74. The van der Waals surface area contributed by atoms with Gasteiger partial charge in [0, 0.05) is 50.7 Å². The molecule has 8 unspecified atom stereocenters. The van der Waals surface area contributed by atoms with E-state index in [1.165, 1.54) is 20.8 Å². The summed E-state index contributed by atoms with van der Waals surface area (Å²) in [5.41, 5.74) is -3.83. The van der Waals surface area contributed by atoms with Crippen molar-refractivity contribution in [1.29, 1.82) is 0 Å². The molecule has 1 N–H and O–H groups in total. The van der Waals surface area contributed by atoms with Crippen molar-refractivity contribution in [2.24, 2.45) is 22.7 Å².